The number of hydrogen-bond acceptors (Lipinski definition) is 2. The molecule has 1 aromatic rings. The smallest absolute Gasteiger partial charge is 0.352 e. The fourth-order valence-corrected chi connectivity index (χ4v) is 2.78. The van der Waals surface area contributed by atoms with Crippen LogP contribution in [0.15, 0.2) is 24.3 Å². The lowest BCUT2D eigenvalue weighted by molar-refractivity contribution is -0.137. The minimum atomic E-state index is -4.30. The van der Waals surface area contributed by atoms with E-state index in [-0.39, 0.29) is 11.9 Å². The number of amides is 1. The summed E-state index contributed by atoms with van der Waals surface area (Å²) in [5.41, 5.74) is -0.193. The topological polar surface area (TPSA) is 32.3 Å². The lowest BCUT2D eigenvalue weighted by Crippen LogP contribution is -2.50. The van der Waals surface area contributed by atoms with Crippen LogP contribution in [0.3, 0.4) is 0 Å². The Kier molecular flexibility index (Phi) is 5.58. The van der Waals surface area contributed by atoms with E-state index in [0.29, 0.717) is 6.54 Å². The quantitative estimate of drug-likeness (QED) is 0.905. The second-order valence-electron chi connectivity index (χ2n) is 7.49. The van der Waals surface area contributed by atoms with Gasteiger partial charge in [0.1, 0.15) is 0 Å². The zero-order chi connectivity index (χ0) is 18.0. The van der Waals surface area contributed by atoms with Crippen molar-refractivity contribution in [1.29, 1.82) is 0 Å². The van der Waals surface area contributed by atoms with Crippen molar-refractivity contribution in [2.75, 3.05) is 13.1 Å². The highest BCUT2D eigenvalue weighted by molar-refractivity contribution is 5.81. The predicted octanol–water partition coefficient (Wildman–Crippen LogP) is 3.83. The molecule has 1 heterocycles. The number of carbonyl (C=O) groups is 1. The van der Waals surface area contributed by atoms with Gasteiger partial charge in [-0.1, -0.05) is 32.9 Å². The van der Waals surface area contributed by atoms with Gasteiger partial charge in [0.15, 0.2) is 0 Å². The van der Waals surface area contributed by atoms with Gasteiger partial charge in [-0.2, -0.15) is 13.2 Å². The first-order valence-electron chi connectivity index (χ1n) is 8.25. The molecule has 1 aromatic carbocycles. The minimum Gasteiger partial charge on any atom is -0.352 e. The summed E-state index contributed by atoms with van der Waals surface area (Å²) >= 11 is 0. The highest BCUT2D eigenvalue weighted by Gasteiger charge is 2.30. The van der Waals surface area contributed by atoms with E-state index < -0.39 is 17.2 Å². The van der Waals surface area contributed by atoms with Crippen LogP contribution in [0.1, 0.15) is 44.7 Å². The van der Waals surface area contributed by atoms with Crippen molar-refractivity contribution in [2.24, 2.45) is 5.41 Å². The van der Waals surface area contributed by atoms with E-state index in [1.807, 2.05) is 20.8 Å². The van der Waals surface area contributed by atoms with Gasteiger partial charge in [-0.25, -0.2) is 0 Å². The molecule has 1 saturated heterocycles. The van der Waals surface area contributed by atoms with Crippen LogP contribution in [0, 0.1) is 5.41 Å². The number of rotatable bonds is 3. The van der Waals surface area contributed by atoms with Gasteiger partial charge in [0, 0.05) is 24.5 Å². The second-order valence-corrected chi connectivity index (χ2v) is 7.49. The third-order valence-electron chi connectivity index (χ3n) is 4.21. The molecule has 1 amide bonds. The normalized spacial score (nSPS) is 20.0. The molecule has 0 spiro atoms. The largest absolute Gasteiger partial charge is 0.416 e. The number of nitrogens with one attached hydrogen (secondary N) is 1. The Labute approximate surface area is 141 Å². The van der Waals surface area contributed by atoms with Gasteiger partial charge in [-0.3, -0.25) is 9.69 Å². The molecule has 0 bridgehead atoms. The monoisotopic (exact) mass is 342 g/mol. The molecule has 134 valence electrons. The molecule has 1 unspecified atom stereocenters. The first-order valence-corrected chi connectivity index (χ1v) is 8.25. The number of likely N-dealkylation sites (tertiary alicyclic amines) is 1. The number of carbonyl (C=O) groups excluding carboxylic acids is 1. The fraction of sp³-hybridized carbons (Fsp3) is 0.611. The number of hydrogen-bond donors (Lipinski definition) is 1. The molecule has 1 N–H and O–H groups in total. The average Bonchev–Trinajstić information content (AvgIpc) is 2.46. The Hall–Kier alpha value is -1.56. The molecule has 1 fully saturated rings. The molecule has 1 aliphatic rings. The van der Waals surface area contributed by atoms with Crippen LogP contribution in [-0.4, -0.2) is 29.9 Å². The molecular weight excluding hydrogens is 317 g/mol. The molecule has 24 heavy (non-hydrogen) atoms. The Morgan fingerprint density at radius 1 is 1.21 bits per heavy atom. The maximum atomic E-state index is 12.6. The SMILES string of the molecule is CC(C)(C)C(=O)NC1CCCN(Cc2ccc(C(F)(F)F)cc2)C1. The van der Waals surface area contributed by atoms with Crippen molar-refractivity contribution in [3.63, 3.8) is 0 Å². The van der Waals surface area contributed by atoms with E-state index in [1.54, 1.807) is 0 Å². The Bertz CT molecular complexity index is 561. The minimum absolute atomic E-state index is 0.0314. The third kappa shape index (κ3) is 5.23. The predicted molar refractivity (Wildman–Crippen MR) is 87.3 cm³/mol. The van der Waals surface area contributed by atoms with Gasteiger partial charge in [-0.05, 0) is 37.1 Å². The summed E-state index contributed by atoms with van der Waals surface area (Å²) in [6.07, 6.45) is -2.40. The van der Waals surface area contributed by atoms with E-state index in [1.165, 1.54) is 12.1 Å². The number of alkyl halides is 3. The van der Waals surface area contributed by atoms with Crippen molar-refractivity contribution >= 4 is 5.91 Å². The lowest BCUT2D eigenvalue weighted by Gasteiger charge is -2.34. The molecule has 0 aromatic heterocycles. The first kappa shape index (κ1) is 18.8. The van der Waals surface area contributed by atoms with Crippen LogP contribution in [-0.2, 0) is 17.5 Å². The molecule has 6 heteroatoms. The number of nitrogens with zero attached hydrogens (tertiary/aromatic N) is 1. The third-order valence-corrected chi connectivity index (χ3v) is 4.21. The summed E-state index contributed by atoms with van der Waals surface area (Å²) in [5, 5.41) is 3.07. The van der Waals surface area contributed by atoms with Crippen LogP contribution < -0.4 is 5.32 Å². The summed E-state index contributed by atoms with van der Waals surface area (Å²) in [7, 11) is 0. The molecule has 1 atom stereocenters. The van der Waals surface area contributed by atoms with Gasteiger partial charge in [-0.15, -0.1) is 0 Å². The van der Waals surface area contributed by atoms with Crippen molar-refractivity contribution in [3.8, 4) is 0 Å². The standard InChI is InChI=1S/C18H25F3N2O/c1-17(2,3)16(24)22-15-5-4-10-23(12-15)11-13-6-8-14(9-7-13)18(19,20)21/h6-9,15H,4-5,10-12H2,1-3H3,(H,22,24). The van der Waals surface area contributed by atoms with Crippen LogP contribution >= 0.6 is 0 Å². The average molecular weight is 342 g/mol. The molecule has 0 radical (unpaired) electrons. The zero-order valence-corrected chi connectivity index (χ0v) is 14.4. The molecular formula is C18H25F3N2O. The van der Waals surface area contributed by atoms with Gasteiger partial charge >= 0.3 is 6.18 Å². The second kappa shape index (κ2) is 7.13. The molecule has 0 aliphatic carbocycles. The van der Waals surface area contributed by atoms with Crippen LogP contribution in [0.2, 0.25) is 0 Å². The summed E-state index contributed by atoms with van der Waals surface area (Å²) in [6.45, 7) is 7.85. The van der Waals surface area contributed by atoms with E-state index in [9.17, 15) is 18.0 Å². The van der Waals surface area contributed by atoms with E-state index in [2.05, 4.69) is 10.2 Å². The Morgan fingerprint density at radius 2 is 1.83 bits per heavy atom. The zero-order valence-electron chi connectivity index (χ0n) is 14.4. The van der Waals surface area contributed by atoms with E-state index in [0.717, 1.165) is 43.6 Å². The number of halogens is 3. The van der Waals surface area contributed by atoms with Crippen molar-refractivity contribution in [2.45, 2.75) is 52.4 Å². The number of benzene rings is 1. The van der Waals surface area contributed by atoms with Crippen molar-refractivity contribution < 1.29 is 18.0 Å². The van der Waals surface area contributed by atoms with Crippen molar-refractivity contribution in [3.05, 3.63) is 35.4 Å². The fourth-order valence-electron chi connectivity index (χ4n) is 2.78. The van der Waals surface area contributed by atoms with Gasteiger partial charge in [0.05, 0.1) is 5.56 Å². The summed E-state index contributed by atoms with van der Waals surface area (Å²) < 4.78 is 37.8. The maximum Gasteiger partial charge on any atom is 0.416 e. The van der Waals surface area contributed by atoms with Crippen LogP contribution in [0.4, 0.5) is 13.2 Å². The molecule has 3 nitrogen and oxygen atoms in total. The Balaban J connectivity index is 1.92. The van der Waals surface area contributed by atoms with E-state index in [4.69, 9.17) is 0 Å². The van der Waals surface area contributed by atoms with Crippen molar-refractivity contribution in [1.82, 2.24) is 10.2 Å². The molecule has 0 saturated carbocycles. The lowest BCUT2D eigenvalue weighted by atomic mass is 9.94. The molecule has 1 aliphatic heterocycles. The summed E-state index contributed by atoms with van der Waals surface area (Å²) in [5.74, 6) is 0.0314. The maximum absolute atomic E-state index is 12.6. The highest BCUT2D eigenvalue weighted by Crippen LogP contribution is 2.29. The van der Waals surface area contributed by atoms with Crippen LogP contribution in [0.25, 0.3) is 0 Å². The summed E-state index contributed by atoms with van der Waals surface area (Å²) in [6, 6.07) is 5.40. The van der Waals surface area contributed by atoms with Gasteiger partial charge < -0.3 is 5.32 Å². The first-order chi connectivity index (χ1) is 11.1. The summed E-state index contributed by atoms with van der Waals surface area (Å²) in [4.78, 5) is 14.3. The van der Waals surface area contributed by atoms with E-state index >= 15 is 0 Å². The Morgan fingerprint density at radius 3 is 2.38 bits per heavy atom. The van der Waals surface area contributed by atoms with Gasteiger partial charge in [0.2, 0.25) is 5.91 Å². The molecule has 2 rings (SSSR count). The highest BCUT2D eigenvalue weighted by atomic mass is 19.4. The van der Waals surface area contributed by atoms with Gasteiger partial charge in [0.25, 0.3) is 0 Å². The number of piperidine rings is 1. The van der Waals surface area contributed by atoms with Crippen LogP contribution in [0.5, 0.6) is 0 Å².